The van der Waals surface area contributed by atoms with E-state index in [1.54, 1.807) is 56.7 Å². The van der Waals surface area contributed by atoms with Crippen molar-refractivity contribution in [3.05, 3.63) is 59.7 Å². The lowest BCUT2D eigenvalue weighted by atomic mass is 10.1. The van der Waals surface area contributed by atoms with Gasteiger partial charge in [-0.05, 0) is 48.4 Å². The molecule has 0 aliphatic heterocycles. The Morgan fingerprint density at radius 3 is 2.29 bits per heavy atom. The van der Waals surface area contributed by atoms with Crippen LogP contribution in [0.15, 0.2) is 48.5 Å². The average Bonchev–Trinajstić information content (AvgIpc) is 2.64. The molecule has 0 aromatic heterocycles. The van der Waals surface area contributed by atoms with E-state index >= 15 is 0 Å². The fraction of sp³-hybridized carbons (Fsp3) is 0.250. The maximum atomic E-state index is 12.3. The summed E-state index contributed by atoms with van der Waals surface area (Å²) >= 11 is 0. The van der Waals surface area contributed by atoms with E-state index in [9.17, 15) is 13.2 Å². The standard InChI is InChI=1S/C20H24N2O5S/c1-14(16-6-5-7-17(12-16)22-28(4,24)25)21-20(23)9-8-15-10-18(26-2)13-19(11-15)27-3/h5-14,22H,1-4H3,(H,21,23). The molecule has 0 bridgehead atoms. The highest BCUT2D eigenvalue weighted by Crippen LogP contribution is 2.23. The summed E-state index contributed by atoms with van der Waals surface area (Å²) in [6.45, 7) is 1.82. The van der Waals surface area contributed by atoms with Gasteiger partial charge in [0.25, 0.3) is 0 Å². The van der Waals surface area contributed by atoms with Crippen molar-refractivity contribution in [2.75, 3.05) is 25.2 Å². The first-order chi connectivity index (χ1) is 13.2. The van der Waals surface area contributed by atoms with E-state index in [0.29, 0.717) is 17.2 Å². The van der Waals surface area contributed by atoms with Gasteiger partial charge in [-0.15, -0.1) is 0 Å². The van der Waals surface area contributed by atoms with Crippen LogP contribution >= 0.6 is 0 Å². The molecule has 1 atom stereocenters. The predicted molar refractivity (Wildman–Crippen MR) is 110 cm³/mol. The second-order valence-electron chi connectivity index (χ2n) is 6.21. The Labute approximate surface area is 165 Å². The Morgan fingerprint density at radius 1 is 1.07 bits per heavy atom. The lowest BCUT2D eigenvalue weighted by Gasteiger charge is -2.14. The summed E-state index contributed by atoms with van der Waals surface area (Å²) in [4.78, 5) is 12.3. The van der Waals surface area contributed by atoms with Gasteiger partial charge in [0, 0.05) is 17.8 Å². The van der Waals surface area contributed by atoms with Crippen LogP contribution in [0.5, 0.6) is 11.5 Å². The summed E-state index contributed by atoms with van der Waals surface area (Å²) in [6, 6.07) is 11.9. The fourth-order valence-corrected chi connectivity index (χ4v) is 3.08. The van der Waals surface area contributed by atoms with Crippen molar-refractivity contribution in [1.29, 1.82) is 0 Å². The van der Waals surface area contributed by atoms with Crippen molar-refractivity contribution in [3.8, 4) is 11.5 Å². The van der Waals surface area contributed by atoms with Gasteiger partial charge in [0.2, 0.25) is 15.9 Å². The lowest BCUT2D eigenvalue weighted by Crippen LogP contribution is -2.24. The highest BCUT2D eigenvalue weighted by molar-refractivity contribution is 7.92. The van der Waals surface area contributed by atoms with E-state index < -0.39 is 10.0 Å². The van der Waals surface area contributed by atoms with E-state index in [2.05, 4.69) is 10.0 Å². The van der Waals surface area contributed by atoms with Gasteiger partial charge in [0.15, 0.2) is 0 Å². The van der Waals surface area contributed by atoms with Crippen LogP contribution < -0.4 is 19.5 Å². The number of carbonyl (C=O) groups excluding carboxylic acids is 1. The predicted octanol–water partition coefficient (Wildman–Crippen LogP) is 2.97. The van der Waals surface area contributed by atoms with Gasteiger partial charge in [0.05, 0.1) is 26.5 Å². The minimum Gasteiger partial charge on any atom is -0.497 e. The number of methoxy groups -OCH3 is 2. The Balaban J connectivity index is 2.07. The maximum Gasteiger partial charge on any atom is 0.244 e. The number of ether oxygens (including phenoxy) is 2. The molecule has 0 heterocycles. The van der Waals surface area contributed by atoms with Gasteiger partial charge < -0.3 is 14.8 Å². The molecule has 28 heavy (non-hydrogen) atoms. The van der Waals surface area contributed by atoms with Crippen LogP contribution in [-0.2, 0) is 14.8 Å². The molecular weight excluding hydrogens is 380 g/mol. The van der Waals surface area contributed by atoms with Crippen LogP contribution in [-0.4, -0.2) is 34.8 Å². The first kappa shape index (κ1) is 21.3. The number of rotatable bonds is 8. The molecule has 1 amide bonds. The molecule has 2 rings (SSSR count). The van der Waals surface area contributed by atoms with Gasteiger partial charge in [-0.2, -0.15) is 0 Å². The summed E-state index contributed by atoms with van der Waals surface area (Å²) in [5.41, 5.74) is 1.98. The third-order valence-electron chi connectivity index (χ3n) is 3.85. The zero-order chi connectivity index (χ0) is 20.7. The Kier molecular flexibility index (Phi) is 7.06. The number of benzene rings is 2. The largest absolute Gasteiger partial charge is 0.497 e. The number of hydrogen-bond donors (Lipinski definition) is 2. The van der Waals surface area contributed by atoms with E-state index in [-0.39, 0.29) is 11.9 Å². The molecular formula is C20H24N2O5S. The Hall–Kier alpha value is -3.00. The second kappa shape index (κ2) is 9.27. The van der Waals surface area contributed by atoms with Crippen LogP contribution in [0.3, 0.4) is 0 Å². The molecule has 0 aliphatic carbocycles. The third kappa shape index (κ3) is 6.62. The van der Waals surface area contributed by atoms with Crippen LogP contribution in [0.1, 0.15) is 24.1 Å². The molecule has 0 saturated carbocycles. The van der Waals surface area contributed by atoms with Crippen molar-refractivity contribution in [1.82, 2.24) is 5.32 Å². The van der Waals surface area contributed by atoms with Crippen molar-refractivity contribution < 1.29 is 22.7 Å². The van der Waals surface area contributed by atoms with Gasteiger partial charge in [0.1, 0.15) is 11.5 Å². The molecule has 8 heteroatoms. The summed E-state index contributed by atoms with van der Waals surface area (Å²) in [5, 5.41) is 2.85. The zero-order valence-electron chi connectivity index (χ0n) is 16.2. The molecule has 2 aromatic rings. The highest BCUT2D eigenvalue weighted by atomic mass is 32.2. The van der Waals surface area contributed by atoms with Gasteiger partial charge in [-0.1, -0.05) is 12.1 Å². The van der Waals surface area contributed by atoms with Crippen LogP contribution in [0.2, 0.25) is 0 Å². The maximum absolute atomic E-state index is 12.3. The summed E-state index contributed by atoms with van der Waals surface area (Å²) in [5.74, 6) is 0.974. The summed E-state index contributed by atoms with van der Waals surface area (Å²) < 4.78 is 35.6. The number of nitrogens with one attached hydrogen (secondary N) is 2. The Bertz CT molecular complexity index is 948. The zero-order valence-corrected chi connectivity index (χ0v) is 17.0. The van der Waals surface area contributed by atoms with Gasteiger partial charge in [-0.25, -0.2) is 8.42 Å². The van der Waals surface area contributed by atoms with Crippen LogP contribution in [0.25, 0.3) is 6.08 Å². The van der Waals surface area contributed by atoms with E-state index in [0.717, 1.165) is 17.4 Å². The molecule has 0 aliphatic rings. The minimum atomic E-state index is -3.36. The Morgan fingerprint density at radius 2 is 1.71 bits per heavy atom. The molecule has 0 saturated heterocycles. The topological polar surface area (TPSA) is 93.7 Å². The SMILES string of the molecule is COc1cc(C=CC(=O)NC(C)c2cccc(NS(C)(=O)=O)c2)cc(OC)c1. The molecule has 2 N–H and O–H groups in total. The van der Waals surface area contributed by atoms with Gasteiger partial charge >= 0.3 is 0 Å². The number of amides is 1. The molecule has 0 spiro atoms. The molecule has 150 valence electrons. The number of sulfonamides is 1. The number of carbonyl (C=O) groups is 1. The quantitative estimate of drug-likeness (QED) is 0.660. The smallest absolute Gasteiger partial charge is 0.244 e. The number of anilines is 1. The van der Waals surface area contributed by atoms with E-state index in [1.165, 1.54) is 6.08 Å². The highest BCUT2D eigenvalue weighted by Gasteiger charge is 2.10. The van der Waals surface area contributed by atoms with Crippen molar-refractivity contribution >= 4 is 27.7 Å². The van der Waals surface area contributed by atoms with Crippen LogP contribution in [0, 0.1) is 0 Å². The third-order valence-corrected chi connectivity index (χ3v) is 4.46. The van der Waals surface area contributed by atoms with Gasteiger partial charge in [-0.3, -0.25) is 9.52 Å². The van der Waals surface area contributed by atoms with E-state index in [1.807, 2.05) is 13.0 Å². The fourth-order valence-electron chi connectivity index (χ4n) is 2.53. The first-order valence-electron chi connectivity index (χ1n) is 8.49. The second-order valence-corrected chi connectivity index (χ2v) is 7.96. The van der Waals surface area contributed by atoms with Crippen molar-refractivity contribution in [2.45, 2.75) is 13.0 Å². The van der Waals surface area contributed by atoms with Crippen LogP contribution in [0.4, 0.5) is 5.69 Å². The average molecular weight is 404 g/mol. The molecule has 0 radical (unpaired) electrons. The normalized spacial score (nSPS) is 12.4. The summed E-state index contributed by atoms with van der Waals surface area (Å²) in [6.07, 6.45) is 4.17. The van der Waals surface area contributed by atoms with Crippen molar-refractivity contribution in [2.24, 2.45) is 0 Å². The van der Waals surface area contributed by atoms with Crippen molar-refractivity contribution in [3.63, 3.8) is 0 Å². The summed E-state index contributed by atoms with van der Waals surface area (Å²) in [7, 11) is -0.245. The molecule has 7 nitrogen and oxygen atoms in total. The first-order valence-corrected chi connectivity index (χ1v) is 10.4. The van der Waals surface area contributed by atoms with E-state index in [4.69, 9.17) is 9.47 Å². The molecule has 1 unspecified atom stereocenters. The minimum absolute atomic E-state index is 0.282. The monoisotopic (exact) mass is 404 g/mol. The molecule has 2 aromatic carbocycles. The lowest BCUT2D eigenvalue weighted by molar-refractivity contribution is -0.117. The number of hydrogen-bond acceptors (Lipinski definition) is 5. The molecule has 0 fully saturated rings.